The molecule has 0 aliphatic heterocycles. The lowest BCUT2D eigenvalue weighted by molar-refractivity contribution is -0.122. The molecule has 3 heteroatoms. The monoisotopic (exact) mass is 143 g/mol. The third-order valence-corrected chi connectivity index (χ3v) is 1.44. The van der Waals surface area contributed by atoms with Crippen LogP contribution < -0.4 is 5.73 Å². The molecule has 0 saturated heterocycles. The first kappa shape index (κ1) is 9.14. The van der Waals surface area contributed by atoms with Crippen molar-refractivity contribution in [2.45, 2.75) is 20.3 Å². The molecule has 2 atom stereocenters. The van der Waals surface area contributed by atoms with Crippen LogP contribution in [0.5, 0.6) is 0 Å². The van der Waals surface area contributed by atoms with Crippen LogP contribution in [0.1, 0.15) is 20.3 Å². The van der Waals surface area contributed by atoms with Crippen molar-refractivity contribution >= 4 is 12.2 Å². The first-order chi connectivity index (χ1) is 4.57. The van der Waals surface area contributed by atoms with Gasteiger partial charge in [0.05, 0.1) is 0 Å². The molecular weight excluding hydrogens is 130 g/mol. The van der Waals surface area contributed by atoms with Gasteiger partial charge >= 0.3 is 0 Å². The lowest BCUT2D eigenvalue weighted by Gasteiger charge is -2.07. The summed E-state index contributed by atoms with van der Waals surface area (Å²) in [4.78, 5) is 20.6. The highest BCUT2D eigenvalue weighted by Crippen LogP contribution is 2.08. The summed E-state index contributed by atoms with van der Waals surface area (Å²) >= 11 is 0. The van der Waals surface area contributed by atoms with E-state index >= 15 is 0 Å². The van der Waals surface area contributed by atoms with E-state index in [0.29, 0.717) is 6.42 Å². The molecule has 0 radical (unpaired) electrons. The summed E-state index contributed by atoms with van der Waals surface area (Å²) < 4.78 is 0. The summed E-state index contributed by atoms with van der Waals surface area (Å²) in [5, 5.41) is 0. The highest BCUT2D eigenvalue weighted by molar-refractivity contribution is 5.76. The lowest BCUT2D eigenvalue weighted by atomic mass is 9.98. The summed E-state index contributed by atoms with van der Waals surface area (Å²) in [7, 11) is 0. The maximum atomic E-state index is 10.5. The molecule has 0 aromatic carbocycles. The molecule has 0 aromatic rings. The summed E-state index contributed by atoms with van der Waals surface area (Å²) in [5.74, 6) is -0.601. The molecule has 3 nitrogen and oxygen atoms in total. The van der Waals surface area contributed by atoms with Gasteiger partial charge in [-0.2, -0.15) is 0 Å². The van der Waals surface area contributed by atoms with Gasteiger partial charge in [-0.1, -0.05) is 13.8 Å². The predicted octanol–water partition coefficient (Wildman–Crippen LogP) is 0.333. The van der Waals surface area contributed by atoms with Crippen LogP contribution in [0.4, 0.5) is 0 Å². The number of rotatable bonds is 4. The molecule has 0 fully saturated rings. The number of primary amides is 1. The molecule has 0 aromatic heterocycles. The summed E-state index contributed by atoms with van der Waals surface area (Å²) in [6.07, 6.45) is 1.39. The topological polar surface area (TPSA) is 60.2 Å². The van der Waals surface area contributed by atoms with Gasteiger partial charge in [-0.05, 0) is 6.42 Å². The Balaban J connectivity index is 3.67. The molecule has 0 aliphatic rings. The quantitative estimate of drug-likeness (QED) is 0.576. The van der Waals surface area contributed by atoms with E-state index in [9.17, 15) is 9.59 Å². The lowest BCUT2D eigenvalue weighted by Crippen LogP contribution is -2.22. The van der Waals surface area contributed by atoms with Crippen molar-refractivity contribution in [1.29, 1.82) is 0 Å². The van der Waals surface area contributed by atoms with E-state index in [4.69, 9.17) is 5.73 Å². The number of hydrogen-bond donors (Lipinski definition) is 1. The van der Waals surface area contributed by atoms with Gasteiger partial charge in [-0.25, -0.2) is 0 Å². The number of amides is 1. The number of aldehydes is 1. The zero-order chi connectivity index (χ0) is 8.15. The molecule has 0 unspecified atom stereocenters. The SMILES string of the molecule is C[C@H](C=O)C[C@@H](C)C(N)=O. The van der Waals surface area contributed by atoms with Crippen LogP contribution in [0.25, 0.3) is 0 Å². The Kier molecular flexibility index (Phi) is 3.69. The van der Waals surface area contributed by atoms with E-state index in [2.05, 4.69) is 0 Å². The van der Waals surface area contributed by atoms with E-state index in [1.165, 1.54) is 0 Å². The van der Waals surface area contributed by atoms with Crippen molar-refractivity contribution in [3.63, 3.8) is 0 Å². The first-order valence-corrected chi connectivity index (χ1v) is 3.32. The van der Waals surface area contributed by atoms with Crippen LogP contribution in [0.15, 0.2) is 0 Å². The number of hydrogen-bond acceptors (Lipinski definition) is 2. The van der Waals surface area contributed by atoms with E-state index in [1.807, 2.05) is 0 Å². The Labute approximate surface area is 60.6 Å². The van der Waals surface area contributed by atoms with Crippen molar-refractivity contribution < 1.29 is 9.59 Å². The van der Waals surface area contributed by atoms with Crippen LogP contribution in [0.3, 0.4) is 0 Å². The number of nitrogens with two attached hydrogens (primary N) is 1. The third kappa shape index (κ3) is 3.22. The maximum Gasteiger partial charge on any atom is 0.220 e. The van der Waals surface area contributed by atoms with Crippen molar-refractivity contribution in [2.75, 3.05) is 0 Å². The number of carbonyl (C=O) groups excluding carboxylic acids is 2. The average Bonchev–Trinajstić information content (AvgIpc) is 1.87. The fourth-order valence-corrected chi connectivity index (χ4v) is 0.729. The van der Waals surface area contributed by atoms with Gasteiger partial charge in [0, 0.05) is 11.8 Å². The van der Waals surface area contributed by atoms with Crippen LogP contribution in [-0.2, 0) is 9.59 Å². The van der Waals surface area contributed by atoms with Gasteiger partial charge in [0.15, 0.2) is 0 Å². The summed E-state index contributed by atoms with van der Waals surface area (Å²) in [6, 6.07) is 0. The molecular formula is C7H13NO2. The van der Waals surface area contributed by atoms with E-state index in [1.54, 1.807) is 13.8 Å². The molecule has 58 valence electrons. The second kappa shape index (κ2) is 4.04. The third-order valence-electron chi connectivity index (χ3n) is 1.44. The largest absolute Gasteiger partial charge is 0.369 e. The van der Waals surface area contributed by atoms with E-state index < -0.39 is 0 Å². The van der Waals surface area contributed by atoms with Crippen LogP contribution >= 0.6 is 0 Å². The molecule has 1 amide bonds. The Morgan fingerprint density at radius 1 is 1.60 bits per heavy atom. The second-order valence-corrected chi connectivity index (χ2v) is 2.65. The van der Waals surface area contributed by atoms with Gasteiger partial charge in [-0.15, -0.1) is 0 Å². The van der Waals surface area contributed by atoms with Gasteiger partial charge in [0.2, 0.25) is 5.91 Å². The molecule has 0 spiro atoms. The van der Waals surface area contributed by atoms with Gasteiger partial charge in [0.25, 0.3) is 0 Å². The minimum absolute atomic E-state index is 0.0671. The Morgan fingerprint density at radius 3 is 2.40 bits per heavy atom. The smallest absolute Gasteiger partial charge is 0.220 e. The fourth-order valence-electron chi connectivity index (χ4n) is 0.729. The fraction of sp³-hybridized carbons (Fsp3) is 0.714. The zero-order valence-electron chi connectivity index (χ0n) is 6.33. The van der Waals surface area contributed by atoms with Crippen LogP contribution in [0, 0.1) is 11.8 Å². The number of carbonyl (C=O) groups is 2. The molecule has 2 N–H and O–H groups in total. The molecule has 0 rings (SSSR count). The van der Waals surface area contributed by atoms with Gasteiger partial charge in [0.1, 0.15) is 6.29 Å². The van der Waals surface area contributed by atoms with Crippen molar-refractivity contribution in [3.8, 4) is 0 Å². The maximum absolute atomic E-state index is 10.5. The van der Waals surface area contributed by atoms with Crippen LogP contribution in [0.2, 0.25) is 0 Å². The first-order valence-electron chi connectivity index (χ1n) is 3.32. The predicted molar refractivity (Wildman–Crippen MR) is 38.2 cm³/mol. The Bertz CT molecular complexity index is 134. The van der Waals surface area contributed by atoms with Gasteiger partial charge in [-0.3, -0.25) is 4.79 Å². The molecule has 10 heavy (non-hydrogen) atoms. The minimum atomic E-state index is -0.339. The second-order valence-electron chi connectivity index (χ2n) is 2.65. The Hall–Kier alpha value is -0.860. The summed E-state index contributed by atoms with van der Waals surface area (Å²) in [6.45, 7) is 3.49. The van der Waals surface area contributed by atoms with Crippen molar-refractivity contribution in [1.82, 2.24) is 0 Å². The molecule has 0 bridgehead atoms. The molecule has 0 saturated carbocycles. The normalized spacial score (nSPS) is 15.8. The van der Waals surface area contributed by atoms with Crippen molar-refractivity contribution in [3.05, 3.63) is 0 Å². The molecule has 0 heterocycles. The highest BCUT2D eigenvalue weighted by Gasteiger charge is 2.11. The molecule has 0 aliphatic carbocycles. The van der Waals surface area contributed by atoms with E-state index in [0.717, 1.165) is 6.29 Å². The average molecular weight is 143 g/mol. The van der Waals surface area contributed by atoms with Crippen molar-refractivity contribution in [2.24, 2.45) is 17.6 Å². The Morgan fingerprint density at radius 2 is 2.10 bits per heavy atom. The van der Waals surface area contributed by atoms with Crippen LogP contribution in [-0.4, -0.2) is 12.2 Å². The minimum Gasteiger partial charge on any atom is -0.369 e. The van der Waals surface area contributed by atoms with Gasteiger partial charge < -0.3 is 10.5 Å². The summed E-state index contributed by atoms with van der Waals surface area (Å²) in [5.41, 5.74) is 4.98. The van der Waals surface area contributed by atoms with E-state index in [-0.39, 0.29) is 17.7 Å². The standard InChI is InChI=1S/C7H13NO2/c1-5(4-9)3-6(2)7(8)10/h4-6H,3H2,1-2H3,(H2,8,10)/t5-,6+/m0/s1. The highest BCUT2D eigenvalue weighted by atomic mass is 16.1. The zero-order valence-corrected chi connectivity index (χ0v) is 6.33.